The topological polar surface area (TPSA) is 215 Å². The summed E-state index contributed by atoms with van der Waals surface area (Å²) in [5.74, 6) is 5.58. The van der Waals surface area contributed by atoms with Gasteiger partial charge in [0.25, 0.3) is 0 Å². The molecule has 8 aliphatic carbocycles. The second-order valence-corrected chi connectivity index (χ2v) is 27.2. The average Bonchev–Trinajstić information content (AvgIpc) is 1.58. The van der Waals surface area contributed by atoms with Gasteiger partial charge in [0.1, 0.15) is 92.4 Å². The molecule has 0 heterocycles. The van der Waals surface area contributed by atoms with E-state index in [-0.39, 0.29) is 95.6 Å². The van der Waals surface area contributed by atoms with E-state index < -0.39 is 46.1 Å². The predicted octanol–water partition coefficient (Wildman–Crippen LogP) is 11.9. The van der Waals surface area contributed by atoms with Crippen LogP contribution in [0.4, 0.5) is 0 Å². The normalized spacial score (nSPS) is 31.9. The van der Waals surface area contributed by atoms with Crippen LogP contribution in [0.5, 0.6) is 34.5 Å². The van der Waals surface area contributed by atoms with Crippen LogP contribution >= 0.6 is 0 Å². The first-order chi connectivity index (χ1) is 43.4. The zero-order chi connectivity index (χ0) is 66.2. The molecule has 3 aromatic carbocycles. The van der Waals surface area contributed by atoms with Crippen LogP contribution in [0.2, 0.25) is 0 Å². The van der Waals surface area contributed by atoms with E-state index in [9.17, 15) is 24.0 Å². The first kappa shape index (κ1) is 70.6. The number of aldehydes is 1. The summed E-state index contributed by atoms with van der Waals surface area (Å²) in [5.41, 5.74) is -3.22. The second kappa shape index (κ2) is 28.9. The van der Waals surface area contributed by atoms with Gasteiger partial charge >= 0.3 is 0 Å². The molecule has 8 bridgehead atoms. The Morgan fingerprint density at radius 1 is 0.341 bits per heavy atom. The fourth-order valence-electron chi connectivity index (χ4n) is 16.6. The molecule has 3 aromatic rings. The molecule has 19 heteroatoms. The highest BCUT2D eigenvalue weighted by Crippen LogP contribution is 2.68. The number of fused-ring (bicyclic) bond motifs is 8. The van der Waals surface area contributed by atoms with Gasteiger partial charge in [-0.25, -0.2) is 0 Å². The Balaban J connectivity index is 0.000000158. The number of allylic oxidation sites excluding steroid dienone is 3. The summed E-state index contributed by atoms with van der Waals surface area (Å²) in [7, 11) is 11.1. The highest BCUT2D eigenvalue weighted by molar-refractivity contribution is 6.05. The lowest BCUT2D eigenvalue weighted by atomic mass is 9.69. The van der Waals surface area contributed by atoms with Crippen LogP contribution in [0.1, 0.15) is 107 Å². The molecule has 11 rings (SSSR count). The number of carbonyl (C=O) groups excluding carboxylic acids is 5. The number of ketones is 4. The molecule has 8 aliphatic rings. The summed E-state index contributed by atoms with van der Waals surface area (Å²) < 4.78 is 74.9. The number of carbonyl (C=O) groups is 5. The molecular weight excluding hydrogens is 1170 g/mol. The summed E-state index contributed by atoms with van der Waals surface area (Å²) in [5, 5.41) is 0. The van der Waals surface area contributed by atoms with Gasteiger partial charge in [0, 0.05) is 28.4 Å². The van der Waals surface area contributed by atoms with Gasteiger partial charge in [0.05, 0.1) is 61.8 Å². The van der Waals surface area contributed by atoms with Crippen LogP contribution in [0.3, 0.4) is 0 Å². The van der Waals surface area contributed by atoms with Gasteiger partial charge in [-0.2, -0.15) is 0 Å². The number of hydrogen-bond acceptors (Lipinski definition) is 19. The Kier molecular flexibility index (Phi) is 22.4. The van der Waals surface area contributed by atoms with Crippen molar-refractivity contribution in [2.75, 3.05) is 76.9 Å². The number of ether oxygens (including phenoxy) is 14. The molecule has 19 nitrogen and oxygen atoms in total. The van der Waals surface area contributed by atoms with Gasteiger partial charge in [-0.1, -0.05) is 55.4 Å². The van der Waals surface area contributed by atoms with E-state index in [4.69, 9.17) is 66.3 Å². The maximum Gasteiger partial charge on any atom is 0.175 e. The van der Waals surface area contributed by atoms with Crippen molar-refractivity contribution in [2.24, 2.45) is 67.0 Å². The van der Waals surface area contributed by atoms with Crippen LogP contribution < -0.4 is 28.4 Å². The molecule has 12 atom stereocenters. The third kappa shape index (κ3) is 12.7. The fourth-order valence-corrected chi connectivity index (χ4v) is 16.6. The van der Waals surface area contributed by atoms with Crippen molar-refractivity contribution in [3.63, 3.8) is 0 Å². The maximum atomic E-state index is 13.0. The lowest BCUT2D eigenvalue weighted by molar-refractivity contribution is -0.150. The van der Waals surface area contributed by atoms with Gasteiger partial charge < -0.3 is 71.1 Å². The zero-order valence-electron chi connectivity index (χ0n) is 55.8. The number of hydrogen-bond donors (Lipinski definition) is 0. The van der Waals surface area contributed by atoms with E-state index in [1.54, 1.807) is 61.4 Å². The third-order valence-electron chi connectivity index (χ3n) is 22.5. The first-order valence-corrected chi connectivity index (χ1v) is 31.4. The van der Waals surface area contributed by atoms with Crippen LogP contribution in [-0.4, -0.2) is 131 Å². The minimum atomic E-state index is -0.823. The Hall–Kier alpha value is -6.29. The highest BCUT2D eigenvalue weighted by atomic mass is 16.7. The molecule has 0 amide bonds. The maximum absolute atomic E-state index is 13.0. The van der Waals surface area contributed by atoms with Crippen molar-refractivity contribution in [1.29, 1.82) is 0 Å². The standard InChI is InChI=1S/3C20H26O5.C12H18O4/c3*1-19(2)16-9-10-20(19,18(21)17(16)25-13-22-3)11-12-24-15-7-5-14(23-4)6-8-15;1-11(2)8-4-5-12(11,6-13)10(14)9(8)16-7-15-3/h3*5-8,11-12,16-17H,9-10,13H2,1-4H3;6,8-9H,4-5,7H2,1-3H3/b3*12-11+;. The molecule has 0 N–H and O–H groups in total. The Morgan fingerprint density at radius 2 is 0.549 bits per heavy atom. The Labute approximate surface area is 537 Å². The third-order valence-corrected chi connectivity index (χ3v) is 22.5. The zero-order valence-corrected chi connectivity index (χ0v) is 55.8. The largest absolute Gasteiger partial charge is 0.497 e. The van der Waals surface area contributed by atoms with Gasteiger partial charge in [-0.3, -0.25) is 19.2 Å². The number of rotatable bonds is 25. The van der Waals surface area contributed by atoms with Crippen molar-refractivity contribution in [2.45, 2.75) is 131 Å². The summed E-state index contributed by atoms with van der Waals surface area (Å²) in [6, 6.07) is 22.1. The van der Waals surface area contributed by atoms with Crippen LogP contribution in [0.25, 0.3) is 0 Å². The molecule has 0 spiro atoms. The quantitative estimate of drug-likeness (QED) is 0.0334. The van der Waals surface area contributed by atoms with E-state index in [2.05, 4.69) is 41.5 Å². The summed E-state index contributed by atoms with van der Waals surface area (Å²) in [6.45, 7) is 17.4. The highest BCUT2D eigenvalue weighted by Gasteiger charge is 2.72. The number of benzene rings is 3. The van der Waals surface area contributed by atoms with Crippen LogP contribution in [0.15, 0.2) is 110 Å². The summed E-state index contributed by atoms with van der Waals surface area (Å²) in [4.78, 5) is 62.7. The van der Waals surface area contributed by atoms with E-state index in [0.29, 0.717) is 23.7 Å². The van der Waals surface area contributed by atoms with E-state index in [0.717, 1.165) is 68.5 Å². The van der Waals surface area contributed by atoms with Gasteiger partial charge in [0.15, 0.2) is 23.1 Å². The Bertz CT molecular complexity index is 2800. The molecule has 12 unspecified atom stereocenters. The van der Waals surface area contributed by atoms with Gasteiger partial charge in [-0.05, 0) is 188 Å². The second-order valence-electron chi connectivity index (χ2n) is 27.2. The summed E-state index contributed by atoms with van der Waals surface area (Å²) >= 11 is 0. The molecule has 8 fully saturated rings. The number of methoxy groups -OCH3 is 7. The fraction of sp³-hybridized carbons (Fsp3) is 0.597. The van der Waals surface area contributed by atoms with E-state index in [1.807, 2.05) is 105 Å². The summed E-state index contributed by atoms with van der Waals surface area (Å²) in [6.07, 6.45) is 16.9. The van der Waals surface area contributed by atoms with Crippen molar-refractivity contribution in [3.8, 4) is 34.5 Å². The predicted molar refractivity (Wildman–Crippen MR) is 337 cm³/mol. The molecule has 91 heavy (non-hydrogen) atoms. The molecule has 0 aliphatic heterocycles. The monoisotopic (exact) mass is 1260 g/mol. The molecule has 0 saturated heterocycles. The van der Waals surface area contributed by atoms with Crippen LogP contribution in [-0.2, 0) is 61.9 Å². The molecule has 0 aromatic heterocycles. The van der Waals surface area contributed by atoms with Gasteiger partial charge in [0.2, 0.25) is 0 Å². The van der Waals surface area contributed by atoms with Crippen molar-refractivity contribution in [3.05, 3.63) is 110 Å². The van der Waals surface area contributed by atoms with Crippen molar-refractivity contribution >= 4 is 29.4 Å². The average molecular weight is 1270 g/mol. The van der Waals surface area contributed by atoms with Crippen molar-refractivity contribution < 1.29 is 90.3 Å². The van der Waals surface area contributed by atoms with Crippen LogP contribution in [0, 0.1) is 67.0 Å². The Morgan fingerprint density at radius 3 is 0.758 bits per heavy atom. The van der Waals surface area contributed by atoms with Gasteiger partial charge in [-0.15, -0.1) is 0 Å². The molecule has 8 saturated carbocycles. The number of Topliss-reactive ketones (excluding diaryl/α,β-unsaturated/α-hetero) is 4. The lowest BCUT2D eigenvalue weighted by Crippen LogP contribution is -2.40. The first-order valence-electron chi connectivity index (χ1n) is 31.4. The SMILES string of the molecule is COCOC1C(=O)C2(/C=C/Oc3ccc(OC)cc3)CCC1C2(C)C.COCOC1C(=O)C2(/C=C/Oc3ccc(OC)cc3)CCC1C2(C)C.COCOC1C(=O)C2(/C=C/Oc3ccc(OC)cc3)CCC1C2(C)C.COCOC1C(=O)C2(C=O)CCC1C2(C)C. The van der Waals surface area contributed by atoms with E-state index in [1.165, 1.54) is 7.11 Å². The molecule has 0 radical (unpaired) electrons. The lowest BCUT2D eigenvalue weighted by Gasteiger charge is -2.32. The van der Waals surface area contributed by atoms with E-state index >= 15 is 0 Å². The minimum Gasteiger partial charge on any atom is -0.497 e. The minimum absolute atomic E-state index is 0.0548. The molecular formula is C72H96O19. The molecule has 498 valence electrons. The van der Waals surface area contributed by atoms with Crippen molar-refractivity contribution in [1.82, 2.24) is 0 Å². The smallest absolute Gasteiger partial charge is 0.175 e.